The molecule has 0 heterocycles. The van der Waals surface area contributed by atoms with Crippen LogP contribution in [0.2, 0.25) is 10.0 Å². The lowest BCUT2D eigenvalue weighted by molar-refractivity contribution is 0.102. The zero-order valence-electron chi connectivity index (χ0n) is 7.31. The van der Waals surface area contributed by atoms with Gasteiger partial charge in [-0.2, -0.15) is 0 Å². The SMILES string of the molecule is COc1cc(Cl)c(C(=O)CBr)cc1Cl. The highest BCUT2D eigenvalue weighted by Gasteiger charge is 2.12. The Balaban J connectivity index is 3.21. The number of hydrogen-bond donors (Lipinski definition) is 0. The number of Topliss-reactive ketones (excluding diaryl/α,β-unsaturated/α-hetero) is 1. The summed E-state index contributed by atoms with van der Waals surface area (Å²) in [5, 5.41) is 0.937. The maximum atomic E-state index is 11.4. The van der Waals surface area contributed by atoms with Gasteiger partial charge in [-0.05, 0) is 6.07 Å². The molecule has 0 radical (unpaired) electrons. The average molecular weight is 298 g/mol. The second kappa shape index (κ2) is 5.01. The number of ether oxygens (including phenoxy) is 1. The Bertz CT molecular complexity index is 366. The molecule has 0 aromatic heterocycles. The number of carbonyl (C=O) groups is 1. The molecule has 1 rings (SSSR count). The smallest absolute Gasteiger partial charge is 0.174 e. The Morgan fingerprint density at radius 2 is 2.07 bits per heavy atom. The van der Waals surface area contributed by atoms with E-state index >= 15 is 0 Å². The van der Waals surface area contributed by atoms with E-state index < -0.39 is 0 Å². The van der Waals surface area contributed by atoms with E-state index in [9.17, 15) is 4.79 Å². The molecule has 14 heavy (non-hydrogen) atoms. The van der Waals surface area contributed by atoms with Gasteiger partial charge >= 0.3 is 0 Å². The molecule has 1 aromatic carbocycles. The van der Waals surface area contributed by atoms with Gasteiger partial charge in [-0.25, -0.2) is 0 Å². The van der Waals surface area contributed by atoms with Crippen LogP contribution in [0.25, 0.3) is 0 Å². The minimum Gasteiger partial charge on any atom is -0.495 e. The van der Waals surface area contributed by atoms with Crippen LogP contribution >= 0.6 is 39.1 Å². The molecule has 0 aliphatic carbocycles. The van der Waals surface area contributed by atoms with Crippen molar-refractivity contribution in [3.8, 4) is 5.75 Å². The molecule has 5 heteroatoms. The highest BCUT2D eigenvalue weighted by molar-refractivity contribution is 9.09. The number of ketones is 1. The Morgan fingerprint density at radius 1 is 1.43 bits per heavy atom. The zero-order valence-corrected chi connectivity index (χ0v) is 10.4. The van der Waals surface area contributed by atoms with Gasteiger partial charge < -0.3 is 4.74 Å². The summed E-state index contributed by atoms with van der Waals surface area (Å²) in [5.41, 5.74) is 0.398. The van der Waals surface area contributed by atoms with E-state index in [1.54, 1.807) is 0 Å². The van der Waals surface area contributed by atoms with Crippen LogP contribution in [-0.4, -0.2) is 18.2 Å². The van der Waals surface area contributed by atoms with Crippen LogP contribution in [0.3, 0.4) is 0 Å². The van der Waals surface area contributed by atoms with Gasteiger partial charge in [0.15, 0.2) is 5.78 Å². The fourth-order valence-electron chi connectivity index (χ4n) is 0.971. The molecule has 0 amide bonds. The summed E-state index contributed by atoms with van der Waals surface area (Å²) in [7, 11) is 1.49. The van der Waals surface area contributed by atoms with Gasteiger partial charge in [-0.15, -0.1) is 0 Å². The van der Waals surface area contributed by atoms with E-state index in [2.05, 4.69) is 15.9 Å². The van der Waals surface area contributed by atoms with Crippen molar-refractivity contribution in [1.82, 2.24) is 0 Å². The van der Waals surface area contributed by atoms with Crippen molar-refractivity contribution >= 4 is 44.9 Å². The summed E-state index contributed by atoms with van der Waals surface area (Å²) < 4.78 is 4.95. The molecule has 0 N–H and O–H groups in total. The maximum Gasteiger partial charge on any atom is 0.174 e. The molecule has 0 spiro atoms. The second-order valence-electron chi connectivity index (χ2n) is 2.52. The quantitative estimate of drug-likeness (QED) is 0.630. The Hall–Kier alpha value is -0.250. The molecule has 0 fully saturated rings. The molecular formula is C9H7BrCl2O2. The minimum absolute atomic E-state index is 0.112. The minimum atomic E-state index is -0.112. The van der Waals surface area contributed by atoms with E-state index in [0.29, 0.717) is 21.4 Å². The van der Waals surface area contributed by atoms with Gasteiger partial charge in [0.05, 0.1) is 22.5 Å². The Kier molecular flexibility index (Phi) is 4.23. The number of carbonyl (C=O) groups excluding carboxylic acids is 1. The average Bonchev–Trinajstić information content (AvgIpc) is 2.19. The van der Waals surface area contributed by atoms with Gasteiger partial charge in [0.1, 0.15) is 5.75 Å². The maximum absolute atomic E-state index is 11.4. The third kappa shape index (κ3) is 2.41. The van der Waals surface area contributed by atoms with E-state index in [0.717, 1.165) is 0 Å². The van der Waals surface area contributed by atoms with Crippen LogP contribution in [-0.2, 0) is 0 Å². The lowest BCUT2D eigenvalue weighted by atomic mass is 10.1. The molecule has 0 unspecified atom stereocenters. The van der Waals surface area contributed by atoms with Crippen molar-refractivity contribution in [3.05, 3.63) is 27.7 Å². The van der Waals surface area contributed by atoms with Crippen LogP contribution in [0, 0.1) is 0 Å². The van der Waals surface area contributed by atoms with Crippen LogP contribution in [0.15, 0.2) is 12.1 Å². The topological polar surface area (TPSA) is 26.3 Å². The largest absolute Gasteiger partial charge is 0.495 e. The first-order valence-electron chi connectivity index (χ1n) is 3.72. The first kappa shape index (κ1) is 11.8. The van der Waals surface area contributed by atoms with Crippen LogP contribution < -0.4 is 4.74 Å². The van der Waals surface area contributed by atoms with Crippen LogP contribution in [0.4, 0.5) is 0 Å². The summed E-state index contributed by atoms with van der Waals surface area (Å²) >= 11 is 14.8. The number of benzene rings is 1. The normalized spacial score (nSPS) is 10.0. The van der Waals surface area contributed by atoms with Gasteiger partial charge in [-0.3, -0.25) is 4.79 Å². The molecule has 0 saturated heterocycles. The van der Waals surface area contributed by atoms with Gasteiger partial charge in [0.25, 0.3) is 0 Å². The molecule has 1 aromatic rings. The van der Waals surface area contributed by atoms with E-state index in [-0.39, 0.29) is 11.1 Å². The molecule has 0 bridgehead atoms. The van der Waals surface area contributed by atoms with Gasteiger partial charge in [0.2, 0.25) is 0 Å². The lowest BCUT2D eigenvalue weighted by Crippen LogP contribution is -2.01. The van der Waals surface area contributed by atoms with Gasteiger partial charge in [-0.1, -0.05) is 39.1 Å². The summed E-state index contributed by atoms with van der Waals surface area (Å²) in [6.45, 7) is 0. The molecular weight excluding hydrogens is 291 g/mol. The van der Waals surface area contributed by atoms with Crippen molar-refractivity contribution in [2.45, 2.75) is 0 Å². The molecule has 0 aliphatic rings. The first-order valence-corrected chi connectivity index (χ1v) is 5.60. The summed E-state index contributed by atoms with van der Waals surface area (Å²) in [5.74, 6) is 0.349. The number of methoxy groups -OCH3 is 1. The summed E-state index contributed by atoms with van der Waals surface area (Å²) in [4.78, 5) is 11.4. The van der Waals surface area contributed by atoms with E-state index in [4.69, 9.17) is 27.9 Å². The van der Waals surface area contributed by atoms with E-state index in [1.807, 2.05) is 0 Å². The number of hydrogen-bond acceptors (Lipinski definition) is 2. The van der Waals surface area contributed by atoms with Crippen molar-refractivity contribution < 1.29 is 9.53 Å². The highest BCUT2D eigenvalue weighted by Crippen LogP contribution is 2.31. The standard InChI is InChI=1S/C9H7BrCl2O2/c1-14-9-3-6(11)5(2-7(9)12)8(13)4-10/h2-3H,4H2,1H3. The fourth-order valence-corrected chi connectivity index (χ4v) is 1.77. The molecule has 2 nitrogen and oxygen atoms in total. The fraction of sp³-hybridized carbons (Fsp3) is 0.222. The van der Waals surface area contributed by atoms with Gasteiger partial charge in [0, 0.05) is 11.6 Å². The van der Waals surface area contributed by atoms with E-state index in [1.165, 1.54) is 19.2 Å². The van der Waals surface area contributed by atoms with Crippen LogP contribution in [0.5, 0.6) is 5.75 Å². The highest BCUT2D eigenvalue weighted by atomic mass is 79.9. The number of halogens is 3. The molecule has 0 aliphatic heterocycles. The Morgan fingerprint density at radius 3 is 2.57 bits per heavy atom. The molecule has 76 valence electrons. The van der Waals surface area contributed by atoms with Crippen molar-refractivity contribution in [2.24, 2.45) is 0 Å². The monoisotopic (exact) mass is 296 g/mol. The predicted molar refractivity (Wildman–Crippen MR) is 61.1 cm³/mol. The first-order chi connectivity index (χ1) is 6.60. The third-order valence-corrected chi connectivity index (χ3v) is 2.78. The summed E-state index contributed by atoms with van der Waals surface area (Å²) in [6.07, 6.45) is 0. The van der Waals surface area contributed by atoms with Crippen molar-refractivity contribution in [3.63, 3.8) is 0 Å². The van der Waals surface area contributed by atoms with Crippen LogP contribution in [0.1, 0.15) is 10.4 Å². The molecule has 0 atom stereocenters. The van der Waals surface area contributed by atoms with Crippen molar-refractivity contribution in [1.29, 1.82) is 0 Å². The zero-order chi connectivity index (χ0) is 10.7. The summed E-state index contributed by atoms with van der Waals surface area (Å²) in [6, 6.07) is 3.03. The number of rotatable bonds is 3. The van der Waals surface area contributed by atoms with Crippen molar-refractivity contribution in [2.75, 3.05) is 12.4 Å². The number of alkyl halides is 1. The predicted octanol–water partition coefficient (Wildman–Crippen LogP) is 3.58. The second-order valence-corrected chi connectivity index (χ2v) is 3.90. The third-order valence-electron chi connectivity index (χ3n) is 1.66. The molecule has 0 saturated carbocycles. The lowest BCUT2D eigenvalue weighted by Gasteiger charge is -2.06. The Labute approximate surface area is 100 Å².